The average molecular weight is 1070 g/mol. The van der Waals surface area contributed by atoms with Gasteiger partial charge >= 0.3 is 0 Å². The number of pyridine rings is 1. The fraction of sp³-hybridized carbons (Fsp3) is 0.448. The van der Waals surface area contributed by atoms with Gasteiger partial charge in [-0.1, -0.05) is 44.2 Å². The number of carbonyl (C=O) groups excluding carboxylic acids is 1. The number of nitro groups is 1. The lowest BCUT2D eigenvalue weighted by Gasteiger charge is -2.63. The van der Waals surface area contributed by atoms with E-state index >= 15 is 0 Å². The quantitative estimate of drug-likeness (QED) is 0.0526. The number of nitro benzene ring substituents is 1. The molecule has 77 heavy (non-hydrogen) atoms. The molecule has 2 aromatic heterocycles. The number of fused-ring (bicyclic) bond motifs is 2. The van der Waals surface area contributed by atoms with Crippen LogP contribution in [0.15, 0.2) is 96.2 Å². The SMILES string of the molecule is COc1cc(CN2CCN(C3CC4(C3)CN(c3ccc(C(=O)NS(=O)(=O)c5ccc(NCC6CCC(C)(O)CC6)c([N+](=O)[O-])c5)c(Oc5cnc6[nH]cc(F)c6c5)c3)C4)[C@H](c3ccccc3C(C)C)C2)cc2c1OCCC2. The van der Waals surface area contributed by atoms with Gasteiger partial charge in [0, 0.05) is 87.3 Å². The number of methoxy groups -OCH3 is 1. The standard InChI is InChI=1S/C58H67FN8O9S/c1-36(2)44-9-5-6-10-45(44)51-33-64(32-38-22-39-8-7-21-75-54(39)53(23-38)74-4)19-20-66(51)41-27-58(28-41)34-65(35-58)40-11-13-46(52(24-40)76-42-25-47-48(59)31-62-55(47)61-30-42)56(68)63-77(72,73)43-12-14-49(50(26-43)67(70)71)60-29-37-15-17-57(3,69)18-16-37/h5-6,9-14,22-26,30-31,36-37,41,51,60,69H,7-8,15-21,27-29,32-35H2,1-4H3,(H,61,62)(H,63,68)/t37?,51-,57?/m0/s1. The first-order valence-electron chi connectivity index (χ1n) is 26.8. The molecule has 0 unspecified atom stereocenters. The molecule has 5 aliphatic rings. The Bertz CT molecular complexity index is 3310. The first-order chi connectivity index (χ1) is 36.9. The van der Waals surface area contributed by atoms with E-state index in [0.29, 0.717) is 43.6 Å². The molecular weight excluding hydrogens is 1000 g/mol. The summed E-state index contributed by atoms with van der Waals surface area (Å²) in [6.07, 6.45) is 9.32. The summed E-state index contributed by atoms with van der Waals surface area (Å²) in [6, 6.07) is 23.8. The van der Waals surface area contributed by atoms with E-state index in [-0.39, 0.29) is 45.5 Å². The van der Waals surface area contributed by atoms with Crippen LogP contribution in [0.5, 0.6) is 23.0 Å². The highest BCUT2D eigenvalue weighted by molar-refractivity contribution is 7.90. The van der Waals surface area contributed by atoms with Crippen molar-refractivity contribution in [3.05, 3.63) is 135 Å². The molecule has 2 saturated carbocycles. The third kappa shape index (κ3) is 10.8. The number of anilines is 2. The van der Waals surface area contributed by atoms with Gasteiger partial charge in [0.05, 0.1) is 46.3 Å². The Kier molecular flexibility index (Phi) is 14.2. The number of nitrogens with one attached hydrogen (secondary N) is 3. The fourth-order valence-electron chi connectivity index (χ4n) is 12.5. The van der Waals surface area contributed by atoms with Crippen molar-refractivity contribution >= 4 is 44.0 Å². The summed E-state index contributed by atoms with van der Waals surface area (Å²) in [5.74, 6) is 0.788. The fourth-order valence-corrected chi connectivity index (χ4v) is 13.5. The first kappa shape index (κ1) is 52.3. The lowest BCUT2D eigenvalue weighted by molar-refractivity contribution is -0.384. The maximum atomic E-state index is 14.8. The highest BCUT2D eigenvalue weighted by Crippen LogP contribution is 2.54. The van der Waals surface area contributed by atoms with Gasteiger partial charge < -0.3 is 34.5 Å². The van der Waals surface area contributed by atoms with E-state index in [9.17, 15) is 32.8 Å². The number of aromatic amines is 1. The van der Waals surface area contributed by atoms with Crippen LogP contribution < -0.4 is 29.1 Å². The zero-order valence-corrected chi connectivity index (χ0v) is 44.8. The number of rotatable bonds is 16. The van der Waals surface area contributed by atoms with Crippen molar-refractivity contribution in [1.29, 1.82) is 0 Å². The molecular formula is C58H67FN8O9S. The number of amides is 1. The monoisotopic (exact) mass is 1070 g/mol. The molecule has 4 aromatic carbocycles. The van der Waals surface area contributed by atoms with E-state index < -0.39 is 42.9 Å². The lowest BCUT2D eigenvalue weighted by Crippen LogP contribution is -2.68. The second-order valence-corrected chi connectivity index (χ2v) is 24.3. The third-order valence-corrected chi connectivity index (χ3v) is 18.0. The molecule has 1 spiro atoms. The van der Waals surface area contributed by atoms with Gasteiger partial charge in [-0.2, -0.15) is 0 Å². The molecule has 2 aliphatic carbocycles. The van der Waals surface area contributed by atoms with Crippen LogP contribution >= 0.6 is 0 Å². The molecule has 406 valence electrons. The Balaban J connectivity index is 0.795. The van der Waals surface area contributed by atoms with Crippen LogP contribution in [0.25, 0.3) is 11.0 Å². The van der Waals surface area contributed by atoms with Gasteiger partial charge in [-0.25, -0.2) is 22.5 Å². The Morgan fingerprint density at radius 2 is 1.83 bits per heavy atom. The van der Waals surface area contributed by atoms with Gasteiger partial charge in [0.1, 0.15) is 28.7 Å². The van der Waals surface area contributed by atoms with Gasteiger partial charge in [-0.3, -0.25) is 24.7 Å². The van der Waals surface area contributed by atoms with Gasteiger partial charge in [-0.05, 0) is 129 Å². The maximum absolute atomic E-state index is 14.8. The van der Waals surface area contributed by atoms with Crippen molar-refractivity contribution in [3.8, 4) is 23.0 Å². The van der Waals surface area contributed by atoms with Gasteiger partial charge in [-0.15, -0.1) is 0 Å². The molecule has 1 atom stereocenters. The van der Waals surface area contributed by atoms with Crippen LogP contribution in [0.4, 0.5) is 21.5 Å². The molecule has 6 aromatic rings. The number of H-pyrrole nitrogens is 1. The second kappa shape index (κ2) is 20.9. The summed E-state index contributed by atoms with van der Waals surface area (Å²) in [5, 5.41) is 25.9. The molecule has 4 fully saturated rings. The predicted molar refractivity (Wildman–Crippen MR) is 291 cm³/mol. The van der Waals surface area contributed by atoms with E-state index in [1.807, 2.05) is 0 Å². The summed E-state index contributed by atoms with van der Waals surface area (Å²) in [4.78, 5) is 39.8. The van der Waals surface area contributed by atoms with Crippen molar-refractivity contribution < 1.29 is 41.8 Å². The molecule has 17 nitrogen and oxygen atoms in total. The summed E-state index contributed by atoms with van der Waals surface area (Å²) < 4.78 is 62.7. The number of aromatic nitrogens is 2. The van der Waals surface area contributed by atoms with Crippen LogP contribution in [0.1, 0.15) is 110 Å². The number of piperazine rings is 1. The minimum atomic E-state index is -4.65. The number of aliphatic hydroxyl groups is 1. The molecule has 11 rings (SSSR count). The summed E-state index contributed by atoms with van der Waals surface area (Å²) in [5.41, 5.74) is 5.17. The molecule has 5 heterocycles. The van der Waals surface area contributed by atoms with E-state index in [1.54, 1.807) is 26.2 Å². The Hall–Kier alpha value is -6.80. The molecule has 2 saturated heterocycles. The summed E-state index contributed by atoms with van der Waals surface area (Å²) >= 11 is 0. The predicted octanol–water partition coefficient (Wildman–Crippen LogP) is 9.86. The Morgan fingerprint density at radius 3 is 2.60 bits per heavy atom. The first-order valence-corrected chi connectivity index (χ1v) is 28.3. The Labute approximate surface area is 448 Å². The van der Waals surface area contributed by atoms with E-state index in [4.69, 9.17) is 14.2 Å². The van der Waals surface area contributed by atoms with Crippen LogP contribution in [0.3, 0.4) is 0 Å². The number of aryl methyl sites for hydroxylation is 1. The van der Waals surface area contributed by atoms with Crippen molar-refractivity contribution in [2.45, 2.75) is 107 Å². The number of carbonyl (C=O) groups is 1. The Morgan fingerprint density at radius 1 is 1.04 bits per heavy atom. The number of hydrogen-bond acceptors (Lipinski definition) is 14. The van der Waals surface area contributed by atoms with Crippen LogP contribution in [0, 0.1) is 27.3 Å². The van der Waals surface area contributed by atoms with E-state index in [1.165, 1.54) is 58.9 Å². The topological polar surface area (TPSA) is 205 Å². The van der Waals surface area contributed by atoms with Crippen molar-refractivity contribution in [2.75, 3.05) is 63.2 Å². The number of hydrogen-bond donors (Lipinski definition) is 4. The lowest BCUT2D eigenvalue weighted by atomic mass is 9.59. The second-order valence-electron chi connectivity index (χ2n) is 22.6. The summed E-state index contributed by atoms with van der Waals surface area (Å²) in [6.45, 7) is 12.6. The molecule has 0 radical (unpaired) electrons. The average Bonchev–Trinajstić information content (AvgIpc) is 3.86. The van der Waals surface area contributed by atoms with Gasteiger partial charge in [0.15, 0.2) is 11.5 Å². The largest absolute Gasteiger partial charge is 0.493 e. The van der Waals surface area contributed by atoms with Crippen molar-refractivity contribution in [1.82, 2.24) is 24.5 Å². The highest BCUT2D eigenvalue weighted by Gasteiger charge is 2.55. The number of sulfonamides is 1. The molecule has 4 N–H and O–H groups in total. The highest BCUT2D eigenvalue weighted by atomic mass is 32.2. The van der Waals surface area contributed by atoms with Gasteiger partial charge in [0.2, 0.25) is 0 Å². The van der Waals surface area contributed by atoms with Crippen LogP contribution in [-0.4, -0.2) is 109 Å². The number of halogens is 1. The zero-order valence-electron chi connectivity index (χ0n) is 44.0. The molecule has 1 amide bonds. The third-order valence-electron chi connectivity index (χ3n) is 16.7. The minimum Gasteiger partial charge on any atom is -0.493 e. The molecule has 19 heteroatoms. The van der Waals surface area contributed by atoms with Crippen molar-refractivity contribution in [2.24, 2.45) is 11.3 Å². The molecule has 3 aliphatic heterocycles. The van der Waals surface area contributed by atoms with Crippen LogP contribution in [-0.2, 0) is 23.0 Å². The zero-order chi connectivity index (χ0) is 53.8. The smallest absolute Gasteiger partial charge is 0.293 e. The number of ether oxygens (including phenoxy) is 3. The van der Waals surface area contributed by atoms with Crippen molar-refractivity contribution in [3.63, 3.8) is 0 Å². The maximum Gasteiger partial charge on any atom is 0.293 e. The minimum absolute atomic E-state index is 0.0150. The van der Waals surface area contributed by atoms with Crippen LogP contribution in [0.2, 0.25) is 0 Å². The normalized spacial score (nSPS) is 21.7. The summed E-state index contributed by atoms with van der Waals surface area (Å²) in [7, 11) is -2.94. The van der Waals surface area contributed by atoms with Gasteiger partial charge in [0.25, 0.3) is 21.6 Å². The number of benzene rings is 4. The number of nitrogens with zero attached hydrogens (tertiary/aromatic N) is 5. The van der Waals surface area contributed by atoms with E-state index in [2.05, 4.69) is 85.0 Å². The molecule has 0 bridgehead atoms. The van der Waals surface area contributed by atoms with E-state index in [0.717, 1.165) is 101 Å².